The molecule has 0 aliphatic heterocycles. The van der Waals surface area contributed by atoms with Gasteiger partial charge >= 0.3 is 40.6 Å². The van der Waals surface area contributed by atoms with E-state index in [2.05, 4.69) is 87.7 Å². The quantitative estimate of drug-likeness (QED) is 0.0303. The van der Waals surface area contributed by atoms with E-state index >= 15 is 0 Å². The molecule has 0 bridgehead atoms. The number of benzene rings is 5. The minimum Gasteiger partial charge on any atom is -0.493 e. The molecule has 0 saturated carbocycles. The maximum atomic E-state index is 13.6. The third kappa shape index (κ3) is 29.1. The van der Waals surface area contributed by atoms with E-state index in [4.69, 9.17) is 52.1 Å². The highest BCUT2D eigenvalue weighted by Crippen LogP contribution is 2.41. The number of fused-ring (bicyclic) bond motifs is 5. The van der Waals surface area contributed by atoms with Gasteiger partial charge in [0.25, 0.3) is 0 Å². The highest BCUT2D eigenvalue weighted by Gasteiger charge is 2.36. The van der Waals surface area contributed by atoms with E-state index in [1.165, 1.54) is 75.2 Å². The fourth-order valence-corrected chi connectivity index (χ4v) is 22.0. The van der Waals surface area contributed by atoms with Crippen molar-refractivity contribution in [2.24, 2.45) is 7.05 Å². The molecule has 0 fully saturated rings. The van der Waals surface area contributed by atoms with E-state index in [9.17, 15) is 84.0 Å². The van der Waals surface area contributed by atoms with Crippen LogP contribution in [-0.4, -0.2) is 255 Å². The number of imidazole rings is 5. The Balaban J connectivity index is 0.000000178. The second-order valence-electron chi connectivity index (χ2n) is 33.9. The fraction of sp³-hybridized carbons (Fsp3) is 0.371. The lowest BCUT2D eigenvalue weighted by atomic mass is 10.1. The number of esters is 1. The van der Waals surface area contributed by atoms with Crippen LogP contribution in [0.3, 0.4) is 0 Å². The molecule has 0 aliphatic carbocycles. The monoisotopic (exact) mass is 2370 g/mol. The minimum absolute atomic E-state index is 0.0968. The van der Waals surface area contributed by atoms with Crippen LogP contribution >= 0.6 is 47.8 Å². The molecule has 3 N–H and O–H groups in total. The van der Waals surface area contributed by atoms with Crippen LogP contribution in [0.15, 0.2) is 190 Å². The molecule has 5 atom stereocenters. The second kappa shape index (κ2) is 49.6. The van der Waals surface area contributed by atoms with E-state index < -0.39 is 126 Å². The predicted octanol–water partition coefficient (Wildman–Crippen LogP) is 12.5. The Morgan fingerprint density at radius 2 is 0.627 bits per heavy atom. The number of pyridine rings is 5. The van der Waals surface area contributed by atoms with Gasteiger partial charge in [0, 0.05) is 82.7 Å². The van der Waals surface area contributed by atoms with Crippen molar-refractivity contribution in [3.05, 3.63) is 257 Å². The Morgan fingerprint density at radius 3 is 0.933 bits per heavy atom. The molecule has 53 heteroatoms. The highest BCUT2D eigenvalue weighted by molar-refractivity contribution is 9.11. The van der Waals surface area contributed by atoms with Crippen LogP contribution in [0.4, 0.5) is 13.2 Å². The Bertz CT molecular complexity index is 8250. The van der Waals surface area contributed by atoms with Gasteiger partial charge in [-0.2, -0.15) is 13.2 Å². The van der Waals surface area contributed by atoms with Gasteiger partial charge in [-0.05, 0) is 221 Å². The number of alkyl halides is 3. The number of aromatic amines is 3. The molecule has 808 valence electrons. The number of hydrogen-bond donors (Lipinski definition) is 3. The summed E-state index contributed by atoms with van der Waals surface area (Å²) in [6, 6.07) is 28.4. The van der Waals surface area contributed by atoms with Gasteiger partial charge in [-0.1, -0.05) is 30.3 Å². The van der Waals surface area contributed by atoms with E-state index in [-0.39, 0.29) is 58.7 Å². The lowest BCUT2D eigenvalue weighted by Crippen LogP contribution is -2.33. The lowest BCUT2D eigenvalue weighted by Gasteiger charge is -2.20. The number of aryl methyl sites for hydroxylation is 2. The van der Waals surface area contributed by atoms with Crippen molar-refractivity contribution < 1.29 is 112 Å². The van der Waals surface area contributed by atoms with E-state index in [0.717, 1.165) is 51.9 Å². The van der Waals surface area contributed by atoms with Crippen molar-refractivity contribution in [2.75, 3.05) is 135 Å². The number of carbonyl (C=O) groups is 1. The summed E-state index contributed by atoms with van der Waals surface area (Å²) in [7, 11) is -8.24. The molecule has 0 radical (unpaired) electrons. The van der Waals surface area contributed by atoms with Crippen molar-refractivity contribution >= 4 is 159 Å². The summed E-state index contributed by atoms with van der Waals surface area (Å²) in [5.41, 5.74) is 3.18. The molecule has 0 spiro atoms. The van der Waals surface area contributed by atoms with E-state index in [1.807, 2.05) is 34.6 Å². The fourth-order valence-electron chi connectivity index (χ4n) is 16.4. The van der Waals surface area contributed by atoms with Crippen molar-refractivity contribution in [2.45, 2.75) is 91.4 Å². The Morgan fingerprint density at radius 1 is 0.353 bits per heavy atom. The first kappa shape index (κ1) is 117. The van der Waals surface area contributed by atoms with Gasteiger partial charge in [0.15, 0.2) is 85.7 Å². The zero-order chi connectivity index (χ0) is 110. The maximum absolute atomic E-state index is 13.6. The van der Waals surface area contributed by atoms with E-state index in [0.29, 0.717) is 172 Å². The maximum Gasteiger partial charge on any atom is 0.417 e. The number of sulfone groups is 5. The number of carbonyl (C=O) groups excluding carboxylic acids is 1. The standard InChI is InChI=1S/C22H26BrN3O7S.C19H22BrN3O5S.C19H20F3N3O5S.C19H23N3O5S.C18H20BrN3O5S/c1-5-32-19-9-14(7-8-18(19)31-3)17(13-34(4,29)30)26-21-16(10-15(23)11-24-21)25(22(26)28)12-20(27)33-6-2;1-5-28-17-8-12(6-7-16(17)27-3)15(11-29(4,25)26)23-18-14(22(2)19(23)24)9-13(20)10-21-18;1-4-30-16-7-11(5-6-15(16)29-2)14(10-31(3,27)28)25-17-13(24-18(25)26)8-12(9-23-17)19(20,21)22;1-5-27-17-9-13(6-7-16(17)26-3)15(11-28(4,24)25)22-18-14(21-19(22)23)8-12(2)10-20-18;1-4-27-16-7-11(5-6-15(16)26-2)14(10-28(3,24)25)22-17-13(21-18(22)23)8-12(19)9-20-17/h7-11,17H,5-6,12-13H2,1-4H3;6-10,15H,5,11H2,1-4H3;5-9,14H,4,10H2,1-3H3,(H,24,26);6-10,15H,5,11H2,1-4H3,(H,21,23);5-9,14H,4,10H2,1-3H3,(H,21,23). The smallest absolute Gasteiger partial charge is 0.417 e. The molecule has 15 aromatic rings. The largest absolute Gasteiger partial charge is 0.493 e. The number of rotatable bonds is 38. The Kier molecular flexibility index (Phi) is 38.7. The summed E-state index contributed by atoms with van der Waals surface area (Å²) >= 11 is 10.0. The summed E-state index contributed by atoms with van der Waals surface area (Å²) < 4.78 is 232. The first-order valence-electron chi connectivity index (χ1n) is 45.7. The number of methoxy groups -OCH3 is 5. The van der Waals surface area contributed by atoms with E-state index in [1.54, 1.807) is 149 Å². The van der Waals surface area contributed by atoms with Gasteiger partial charge in [-0.25, -0.2) is 91.0 Å². The number of hydrogen-bond acceptors (Lipinski definition) is 32. The number of nitrogens with zero attached hydrogens (tertiary/aromatic N) is 12. The van der Waals surface area contributed by atoms with Crippen molar-refractivity contribution in [1.82, 2.24) is 71.8 Å². The van der Waals surface area contributed by atoms with Gasteiger partial charge in [0.05, 0.1) is 167 Å². The SMILES string of the molecule is CCOC(=O)Cn1c(=O)n(C(CS(C)(=O)=O)c2ccc(OC)c(OCC)c2)c2ncc(Br)cc21.CCOc1cc(C(CS(C)(=O)=O)n2c(=O)[nH]c3cc(Br)cnc32)ccc1OC.CCOc1cc(C(CS(C)(=O)=O)n2c(=O)[nH]c3cc(C(F)(F)F)cnc32)ccc1OC.CCOc1cc(C(CS(C)(=O)=O)n2c(=O)[nH]c3cc(C)cnc32)ccc1OC.CCOc1cc(C(CS(C)(=O)=O)n2c(=O)n(C)c3cc(Br)cnc32)ccc1OC. The molecule has 0 aliphatic rings. The third-order valence-electron chi connectivity index (χ3n) is 22.6. The molecule has 0 saturated heterocycles. The van der Waals surface area contributed by atoms with Crippen molar-refractivity contribution in [1.29, 1.82) is 0 Å². The summed E-state index contributed by atoms with van der Waals surface area (Å²) in [6.45, 7) is 14.4. The summed E-state index contributed by atoms with van der Waals surface area (Å²) in [5.74, 6) is 2.42. The van der Waals surface area contributed by atoms with Gasteiger partial charge in [0.1, 0.15) is 55.7 Å². The summed E-state index contributed by atoms with van der Waals surface area (Å²) in [6.07, 6.45) is 7.76. The van der Waals surface area contributed by atoms with Crippen LogP contribution in [0.1, 0.15) is 111 Å². The molecule has 0 amide bonds. The Labute approximate surface area is 884 Å². The van der Waals surface area contributed by atoms with Gasteiger partial charge in [0.2, 0.25) is 0 Å². The molecule has 10 aromatic heterocycles. The van der Waals surface area contributed by atoms with Crippen LogP contribution in [-0.2, 0) is 78.5 Å². The molecular weight excluding hydrogens is 2260 g/mol. The van der Waals surface area contributed by atoms with Crippen LogP contribution in [0.25, 0.3) is 55.8 Å². The highest BCUT2D eigenvalue weighted by atomic mass is 79.9. The first-order valence-corrected chi connectivity index (χ1v) is 58.4. The van der Waals surface area contributed by atoms with Gasteiger partial charge in [-0.15, -0.1) is 0 Å². The molecule has 10 heterocycles. The molecule has 5 unspecified atom stereocenters. The molecular formula is C97H111Br3F3N15O27S5. The van der Waals surface area contributed by atoms with Gasteiger partial charge < -0.3 is 67.1 Å². The van der Waals surface area contributed by atoms with Crippen LogP contribution in [0.5, 0.6) is 57.5 Å². The van der Waals surface area contributed by atoms with Crippen LogP contribution < -0.4 is 75.8 Å². The molecule has 150 heavy (non-hydrogen) atoms. The number of ether oxygens (including phenoxy) is 11. The van der Waals surface area contributed by atoms with Gasteiger partial charge in [-0.3, -0.25) is 36.8 Å². The van der Waals surface area contributed by atoms with Crippen molar-refractivity contribution in [3.63, 3.8) is 0 Å². The molecule has 5 aromatic carbocycles. The minimum atomic E-state index is -4.64. The third-order valence-corrected chi connectivity index (χ3v) is 28.5. The zero-order valence-electron chi connectivity index (χ0n) is 84.5. The average molecular weight is 2380 g/mol. The Hall–Kier alpha value is -13.4. The van der Waals surface area contributed by atoms with Crippen molar-refractivity contribution in [3.8, 4) is 57.5 Å². The summed E-state index contributed by atoms with van der Waals surface area (Å²) in [4.78, 5) is 106. The number of halogens is 6. The average Bonchev–Trinajstić information content (AvgIpc) is 1.59. The normalized spacial score (nSPS) is 12.9. The second-order valence-corrected chi connectivity index (χ2v) is 47.6. The van der Waals surface area contributed by atoms with Crippen LogP contribution in [0.2, 0.25) is 0 Å². The van der Waals surface area contributed by atoms with Crippen LogP contribution in [0, 0.1) is 6.92 Å². The summed E-state index contributed by atoms with van der Waals surface area (Å²) in [5, 5.41) is 0. The topological polar surface area (TPSA) is 521 Å². The number of H-pyrrole nitrogens is 3. The lowest BCUT2D eigenvalue weighted by molar-refractivity contribution is -0.143. The predicted molar refractivity (Wildman–Crippen MR) is 570 cm³/mol. The molecule has 42 nitrogen and oxygen atoms in total. The molecule has 15 rings (SSSR count). The number of nitrogens with one attached hydrogen (secondary N) is 3. The first-order chi connectivity index (χ1) is 70.6. The number of aromatic nitrogens is 15. The zero-order valence-corrected chi connectivity index (χ0v) is 93.3.